The number of rotatable bonds is 64. The zero-order valence-electron chi connectivity index (χ0n) is 56.6. The van der Waals surface area contributed by atoms with Gasteiger partial charge in [-0.1, -0.05) is 332 Å². The fourth-order valence-electron chi connectivity index (χ4n) is 11.6. The van der Waals surface area contributed by atoms with Gasteiger partial charge in [0.1, 0.15) is 24.4 Å². The molecule has 11 nitrogen and oxygen atoms in total. The Morgan fingerprint density at radius 1 is 0.448 bits per heavy atom. The Balaban J connectivity index is 2.57. The van der Waals surface area contributed by atoms with Crippen LogP contribution in [-0.2, 0) is 23.8 Å². The number of unbranched alkanes of at least 4 members (excludes halogenated alkanes) is 42. The Morgan fingerprint density at radius 2 is 0.793 bits per heavy atom. The van der Waals surface area contributed by atoms with Crippen LogP contribution >= 0.6 is 0 Å². The van der Waals surface area contributed by atoms with Crippen LogP contribution in [-0.4, -0.2) is 99.6 Å². The van der Waals surface area contributed by atoms with Gasteiger partial charge in [-0.05, 0) is 70.6 Å². The molecule has 8 unspecified atom stereocenters. The fourth-order valence-corrected chi connectivity index (χ4v) is 11.6. The first-order valence-electron chi connectivity index (χ1n) is 37.1. The number of amides is 1. The van der Waals surface area contributed by atoms with Crippen molar-refractivity contribution in [2.24, 2.45) is 0 Å². The van der Waals surface area contributed by atoms with Crippen LogP contribution in [0.1, 0.15) is 348 Å². The molecule has 11 heteroatoms. The summed E-state index contributed by atoms with van der Waals surface area (Å²) in [5.74, 6) is -1.18. The van der Waals surface area contributed by atoms with Crippen molar-refractivity contribution in [1.82, 2.24) is 5.32 Å². The second-order valence-electron chi connectivity index (χ2n) is 25.7. The van der Waals surface area contributed by atoms with Crippen molar-refractivity contribution in [3.8, 4) is 0 Å². The quantitative estimate of drug-likeness (QED) is 0.0195. The number of esters is 1. The highest BCUT2D eigenvalue weighted by Gasteiger charge is 2.47. The van der Waals surface area contributed by atoms with E-state index >= 15 is 0 Å². The van der Waals surface area contributed by atoms with E-state index in [-0.39, 0.29) is 19.4 Å². The summed E-state index contributed by atoms with van der Waals surface area (Å²) in [5, 5.41) is 57.3. The van der Waals surface area contributed by atoms with Gasteiger partial charge in [-0.2, -0.15) is 0 Å². The van der Waals surface area contributed by atoms with Crippen LogP contribution in [0.4, 0.5) is 0 Å². The first-order chi connectivity index (χ1) is 42.7. The molecule has 0 aromatic heterocycles. The summed E-state index contributed by atoms with van der Waals surface area (Å²) < 4.78 is 17.7. The summed E-state index contributed by atoms with van der Waals surface area (Å²) in [5.41, 5.74) is 0. The van der Waals surface area contributed by atoms with E-state index in [4.69, 9.17) is 14.2 Å². The standard InChI is InChI=1S/C76H139NO10/c1-4-7-10-13-16-19-22-25-27-29-31-32-33-34-35-36-37-39-40-42-45-48-51-54-57-60-63-69(80)75(84)77-67(68(79)62-59-56-53-50-47-44-24-21-18-15-12-9-6-3)66-85-76-74(73(83)72(82)70(65-78)86-76)87-71(81)64-61-58-55-52-49-46-43-41-38-30-28-26-23-20-17-14-11-8-5-2/h16,19,25,27,31-32,34-35,59,62,67-70,72-74,76,78-80,82-83H,4-15,17-18,20-24,26,28-30,33,36-58,60-61,63-66H2,1-3H3,(H,77,84)/b19-16-,27-25-,32-31-,35-34-,62-59+. The average Bonchev–Trinajstić information content (AvgIpc) is 1.52. The minimum Gasteiger partial charge on any atom is -0.454 e. The summed E-state index contributed by atoms with van der Waals surface area (Å²) in [6.45, 7) is 5.81. The molecule has 1 amide bonds. The molecular formula is C76H139NO10. The fraction of sp³-hybridized carbons (Fsp3) is 0.842. The lowest BCUT2D eigenvalue weighted by molar-refractivity contribution is -0.305. The van der Waals surface area contributed by atoms with Gasteiger partial charge >= 0.3 is 5.97 Å². The molecule has 0 bridgehead atoms. The van der Waals surface area contributed by atoms with Crippen LogP contribution in [0.15, 0.2) is 60.8 Å². The molecule has 0 aliphatic carbocycles. The summed E-state index contributed by atoms with van der Waals surface area (Å²) in [4.78, 5) is 26.7. The van der Waals surface area contributed by atoms with E-state index in [9.17, 15) is 35.1 Å². The molecule has 1 heterocycles. The smallest absolute Gasteiger partial charge is 0.306 e. The van der Waals surface area contributed by atoms with Gasteiger partial charge in [0.15, 0.2) is 12.4 Å². The highest BCUT2D eigenvalue weighted by atomic mass is 16.7. The molecule has 8 atom stereocenters. The number of carbonyl (C=O) groups excluding carboxylic acids is 2. The first kappa shape index (κ1) is 82.4. The number of aliphatic hydroxyl groups excluding tert-OH is 5. The Bertz CT molecular complexity index is 1650. The van der Waals surface area contributed by atoms with Crippen LogP contribution in [0.2, 0.25) is 0 Å². The van der Waals surface area contributed by atoms with Gasteiger partial charge < -0.3 is 45.1 Å². The van der Waals surface area contributed by atoms with Gasteiger partial charge in [-0.25, -0.2) is 0 Å². The number of nitrogens with one attached hydrogen (secondary N) is 1. The Kier molecular flexibility index (Phi) is 60.1. The van der Waals surface area contributed by atoms with Crippen molar-refractivity contribution < 1.29 is 49.3 Å². The largest absolute Gasteiger partial charge is 0.454 e. The number of aliphatic hydroxyl groups is 5. The minimum atomic E-state index is -1.61. The first-order valence-corrected chi connectivity index (χ1v) is 37.1. The molecule has 0 saturated carbocycles. The van der Waals surface area contributed by atoms with Crippen LogP contribution in [0.3, 0.4) is 0 Å². The molecule has 0 aromatic carbocycles. The molecule has 1 aliphatic heterocycles. The molecule has 1 saturated heterocycles. The number of carbonyl (C=O) groups is 2. The highest BCUT2D eigenvalue weighted by molar-refractivity contribution is 5.80. The molecule has 1 aliphatic rings. The van der Waals surface area contributed by atoms with E-state index in [1.165, 1.54) is 218 Å². The van der Waals surface area contributed by atoms with Gasteiger partial charge in [0, 0.05) is 6.42 Å². The lowest BCUT2D eigenvalue weighted by Crippen LogP contribution is -2.61. The summed E-state index contributed by atoms with van der Waals surface area (Å²) in [6, 6.07) is -1.03. The third-order valence-electron chi connectivity index (χ3n) is 17.4. The molecule has 508 valence electrons. The van der Waals surface area contributed by atoms with Gasteiger partial charge in [0.2, 0.25) is 5.91 Å². The third kappa shape index (κ3) is 50.7. The Labute approximate surface area is 535 Å². The Morgan fingerprint density at radius 3 is 1.21 bits per heavy atom. The summed E-state index contributed by atoms with van der Waals surface area (Å²) in [6.07, 6.45) is 71.1. The van der Waals surface area contributed by atoms with E-state index in [0.717, 1.165) is 83.5 Å². The maximum absolute atomic E-state index is 13.5. The third-order valence-corrected chi connectivity index (χ3v) is 17.4. The van der Waals surface area contributed by atoms with Crippen molar-refractivity contribution in [1.29, 1.82) is 0 Å². The lowest BCUT2D eigenvalue weighted by Gasteiger charge is -2.41. The van der Waals surface area contributed by atoms with Gasteiger partial charge in [0.05, 0.1) is 25.4 Å². The zero-order chi connectivity index (χ0) is 63.1. The van der Waals surface area contributed by atoms with Crippen molar-refractivity contribution in [3.05, 3.63) is 60.8 Å². The van der Waals surface area contributed by atoms with Crippen molar-refractivity contribution in [2.45, 2.75) is 397 Å². The van der Waals surface area contributed by atoms with Crippen LogP contribution in [0, 0.1) is 0 Å². The number of hydrogen-bond donors (Lipinski definition) is 6. The summed E-state index contributed by atoms with van der Waals surface area (Å²) in [7, 11) is 0. The zero-order valence-corrected chi connectivity index (χ0v) is 56.6. The topological polar surface area (TPSA) is 175 Å². The normalized spacial score (nSPS) is 18.6. The minimum absolute atomic E-state index is 0.127. The number of allylic oxidation sites excluding steroid dienone is 9. The lowest BCUT2D eigenvalue weighted by atomic mass is 9.99. The van der Waals surface area contributed by atoms with Crippen LogP contribution < -0.4 is 5.32 Å². The maximum atomic E-state index is 13.5. The predicted molar refractivity (Wildman–Crippen MR) is 366 cm³/mol. The van der Waals surface area contributed by atoms with E-state index in [2.05, 4.69) is 74.7 Å². The number of hydrogen-bond acceptors (Lipinski definition) is 10. The van der Waals surface area contributed by atoms with Crippen LogP contribution in [0.5, 0.6) is 0 Å². The average molecular weight is 1230 g/mol. The Hall–Kier alpha value is -2.64. The van der Waals surface area contributed by atoms with Crippen molar-refractivity contribution in [3.63, 3.8) is 0 Å². The van der Waals surface area contributed by atoms with E-state index in [1.54, 1.807) is 6.08 Å². The molecule has 6 N–H and O–H groups in total. The molecule has 1 fully saturated rings. The van der Waals surface area contributed by atoms with Crippen molar-refractivity contribution in [2.75, 3.05) is 13.2 Å². The van der Waals surface area contributed by atoms with Crippen molar-refractivity contribution >= 4 is 11.9 Å². The van der Waals surface area contributed by atoms with Gasteiger partial charge in [-0.15, -0.1) is 0 Å². The molecule has 0 radical (unpaired) electrons. The van der Waals surface area contributed by atoms with E-state index in [0.29, 0.717) is 12.8 Å². The molecule has 0 aromatic rings. The molecular weight excluding hydrogens is 1090 g/mol. The molecule has 0 spiro atoms. The molecule has 87 heavy (non-hydrogen) atoms. The van der Waals surface area contributed by atoms with E-state index in [1.807, 2.05) is 6.08 Å². The second kappa shape index (κ2) is 63.5. The monoisotopic (exact) mass is 1230 g/mol. The highest BCUT2D eigenvalue weighted by Crippen LogP contribution is 2.26. The van der Waals surface area contributed by atoms with Gasteiger partial charge in [-0.3, -0.25) is 9.59 Å². The maximum Gasteiger partial charge on any atom is 0.306 e. The van der Waals surface area contributed by atoms with Gasteiger partial charge in [0.25, 0.3) is 0 Å². The second-order valence-corrected chi connectivity index (χ2v) is 25.7. The molecule has 1 rings (SSSR count). The van der Waals surface area contributed by atoms with Crippen LogP contribution in [0.25, 0.3) is 0 Å². The summed E-state index contributed by atoms with van der Waals surface area (Å²) >= 11 is 0. The predicted octanol–water partition coefficient (Wildman–Crippen LogP) is 19.3. The van der Waals surface area contributed by atoms with E-state index < -0.39 is 67.4 Å². The SMILES string of the molecule is CCCCC/C=C\C/C=C\C/C=C\C/C=C\CCCCCCCCCCCCC(O)C(=O)NC(COC1OC(CO)C(O)C(O)C1OC(=O)CCCCCCCCCCCCCCCCCCCCC)C(O)/C=C/CCCCCCCCCCCCC. The number of ether oxygens (including phenoxy) is 3.